The Balaban J connectivity index is 2.02. The number of rotatable bonds is 6. The normalized spacial score (nSPS) is 19.8. The number of benzene rings is 1. The first kappa shape index (κ1) is 16.0. The Labute approximate surface area is 131 Å². The molecule has 1 aromatic rings. The Morgan fingerprint density at radius 1 is 1.20 bits per heavy atom. The van der Waals surface area contributed by atoms with Crippen molar-refractivity contribution in [3.8, 4) is 0 Å². The predicted octanol–water partition coefficient (Wildman–Crippen LogP) is 4.17. The first-order valence-electron chi connectivity index (χ1n) is 7.69. The van der Waals surface area contributed by atoms with E-state index in [1.807, 2.05) is 7.11 Å². The Bertz CT molecular complexity index is 386. The molecule has 2 atom stereocenters. The zero-order valence-corrected chi connectivity index (χ0v) is 14.2. The summed E-state index contributed by atoms with van der Waals surface area (Å²) in [4.78, 5) is 0. The number of methoxy groups -OCH3 is 1. The zero-order valence-electron chi connectivity index (χ0n) is 12.6. The van der Waals surface area contributed by atoms with Crippen molar-refractivity contribution in [3.63, 3.8) is 0 Å². The van der Waals surface area contributed by atoms with Crippen molar-refractivity contribution in [3.05, 3.63) is 34.3 Å². The lowest BCUT2D eigenvalue weighted by molar-refractivity contribution is 0.0101. The van der Waals surface area contributed by atoms with Crippen LogP contribution in [0.15, 0.2) is 28.7 Å². The molecule has 2 rings (SSSR count). The van der Waals surface area contributed by atoms with Crippen molar-refractivity contribution in [1.82, 2.24) is 5.32 Å². The van der Waals surface area contributed by atoms with Gasteiger partial charge in [-0.2, -0.15) is 0 Å². The third-order valence-corrected chi connectivity index (χ3v) is 5.05. The van der Waals surface area contributed by atoms with Gasteiger partial charge in [0.15, 0.2) is 0 Å². The number of hydrogen-bond acceptors (Lipinski definition) is 2. The monoisotopic (exact) mass is 339 g/mol. The number of nitrogens with one attached hydrogen (secondary N) is 1. The molecule has 1 N–H and O–H groups in total. The van der Waals surface area contributed by atoms with Crippen LogP contribution >= 0.6 is 15.9 Å². The molecule has 2 unspecified atom stereocenters. The summed E-state index contributed by atoms with van der Waals surface area (Å²) in [6.07, 6.45) is 8.10. The molecule has 1 aromatic carbocycles. The summed E-state index contributed by atoms with van der Waals surface area (Å²) < 4.78 is 7.00. The summed E-state index contributed by atoms with van der Waals surface area (Å²) in [5.74, 6) is 0.710. The minimum Gasteiger partial charge on any atom is -0.380 e. The zero-order chi connectivity index (χ0) is 14.4. The van der Waals surface area contributed by atoms with E-state index in [1.165, 1.54) is 37.7 Å². The Morgan fingerprint density at radius 3 is 2.40 bits per heavy atom. The van der Waals surface area contributed by atoms with Gasteiger partial charge in [0.2, 0.25) is 0 Å². The molecule has 2 nitrogen and oxygen atoms in total. The van der Waals surface area contributed by atoms with Crippen molar-refractivity contribution >= 4 is 15.9 Å². The highest BCUT2D eigenvalue weighted by atomic mass is 79.9. The lowest BCUT2D eigenvalue weighted by Crippen LogP contribution is -2.45. The molecule has 1 saturated carbocycles. The molecule has 1 fully saturated rings. The van der Waals surface area contributed by atoms with E-state index in [0.717, 1.165) is 10.9 Å². The fraction of sp³-hybridized carbons (Fsp3) is 0.647. The SMILES string of the molecule is CNC(Cc1ccc(Br)cc1)C(OC)C1CCCCC1. The average molecular weight is 340 g/mol. The van der Waals surface area contributed by atoms with Crippen molar-refractivity contribution in [2.45, 2.75) is 50.7 Å². The van der Waals surface area contributed by atoms with Gasteiger partial charge >= 0.3 is 0 Å². The van der Waals surface area contributed by atoms with Crippen molar-refractivity contribution in [1.29, 1.82) is 0 Å². The van der Waals surface area contributed by atoms with Crippen LogP contribution in [0.1, 0.15) is 37.7 Å². The van der Waals surface area contributed by atoms with Gasteiger partial charge in [0.25, 0.3) is 0 Å². The first-order valence-corrected chi connectivity index (χ1v) is 8.48. The van der Waals surface area contributed by atoms with Gasteiger partial charge in [0.1, 0.15) is 0 Å². The van der Waals surface area contributed by atoms with Crippen molar-refractivity contribution in [2.75, 3.05) is 14.2 Å². The van der Waals surface area contributed by atoms with E-state index in [-0.39, 0.29) is 0 Å². The van der Waals surface area contributed by atoms with Gasteiger partial charge in [0.05, 0.1) is 6.10 Å². The fourth-order valence-electron chi connectivity index (χ4n) is 3.40. The molecule has 0 saturated heterocycles. The highest BCUT2D eigenvalue weighted by Crippen LogP contribution is 2.30. The van der Waals surface area contributed by atoms with Crippen LogP contribution in [-0.4, -0.2) is 26.3 Å². The maximum Gasteiger partial charge on any atom is 0.0755 e. The van der Waals surface area contributed by atoms with E-state index in [9.17, 15) is 0 Å². The molecule has 0 aliphatic heterocycles. The van der Waals surface area contributed by atoms with Gasteiger partial charge < -0.3 is 10.1 Å². The highest BCUT2D eigenvalue weighted by molar-refractivity contribution is 9.10. The Morgan fingerprint density at radius 2 is 1.85 bits per heavy atom. The van der Waals surface area contributed by atoms with Gasteiger partial charge in [-0.1, -0.05) is 47.3 Å². The topological polar surface area (TPSA) is 21.3 Å². The van der Waals surface area contributed by atoms with E-state index in [1.54, 1.807) is 0 Å². The molecule has 3 heteroatoms. The minimum absolute atomic E-state index is 0.323. The summed E-state index contributed by atoms with van der Waals surface area (Å²) in [6.45, 7) is 0. The fourth-order valence-corrected chi connectivity index (χ4v) is 3.67. The molecule has 1 aliphatic carbocycles. The number of likely N-dealkylation sites (N-methyl/N-ethyl adjacent to an activating group) is 1. The maximum atomic E-state index is 5.87. The lowest BCUT2D eigenvalue weighted by Gasteiger charge is -2.35. The Kier molecular flexibility index (Phi) is 6.53. The van der Waals surface area contributed by atoms with Gasteiger partial charge in [-0.25, -0.2) is 0 Å². The van der Waals surface area contributed by atoms with Crippen molar-refractivity contribution in [2.24, 2.45) is 5.92 Å². The molecule has 0 aromatic heterocycles. The van der Waals surface area contributed by atoms with E-state index in [2.05, 4.69) is 52.6 Å². The van der Waals surface area contributed by atoms with Gasteiger partial charge in [0, 0.05) is 17.6 Å². The van der Waals surface area contributed by atoms with E-state index < -0.39 is 0 Å². The maximum absolute atomic E-state index is 5.87. The standard InChI is InChI=1S/C17H26BrNO/c1-19-16(12-13-8-10-15(18)11-9-13)17(20-2)14-6-4-3-5-7-14/h8-11,14,16-17,19H,3-7,12H2,1-2H3. The van der Waals surface area contributed by atoms with Gasteiger partial charge in [-0.15, -0.1) is 0 Å². The van der Waals surface area contributed by atoms with Crippen LogP contribution in [0.4, 0.5) is 0 Å². The third-order valence-electron chi connectivity index (χ3n) is 4.52. The van der Waals surface area contributed by atoms with Crippen LogP contribution in [0.25, 0.3) is 0 Å². The largest absolute Gasteiger partial charge is 0.380 e. The number of ether oxygens (including phenoxy) is 1. The summed E-state index contributed by atoms with van der Waals surface area (Å²) in [5, 5.41) is 3.48. The molecule has 0 radical (unpaired) electrons. The molecule has 0 spiro atoms. The number of hydrogen-bond donors (Lipinski definition) is 1. The van der Waals surface area contributed by atoms with Crippen LogP contribution in [0.5, 0.6) is 0 Å². The molecular weight excluding hydrogens is 314 g/mol. The Hall–Kier alpha value is -0.380. The van der Waals surface area contributed by atoms with E-state index >= 15 is 0 Å². The van der Waals surface area contributed by atoms with Crippen LogP contribution in [-0.2, 0) is 11.2 Å². The smallest absolute Gasteiger partial charge is 0.0755 e. The molecule has 1 aliphatic rings. The second-order valence-electron chi connectivity index (χ2n) is 5.82. The second-order valence-corrected chi connectivity index (χ2v) is 6.74. The summed E-state index contributed by atoms with van der Waals surface area (Å²) in [6, 6.07) is 9.02. The number of halogens is 1. The highest BCUT2D eigenvalue weighted by Gasteiger charge is 2.29. The van der Waals surface area contributed by atoms with Crippen LogP contribution in [0, 0.1) is 5.92 Å². The van der Waals surface area contributed by atoms with Crippen molar-refractivity contribution < 1.29 is 4.74 Å². The molecule has 0 heterocycles. The third kappa shape index (κ3) is 4.31. The average Bonchev–Trinajstić information content (AvgIpc) is 2.50. The van der Waals surface area contributed by atoms with E-state index in [0.29, 0.717) is 18.1 Å². The quantitative estimate of drug-likeness (QED) is 0.839. The lowest BCUT2D eigenvalue weighted by atomic mass is 9.81. The molecular formula is C17H26BrNO. The molecule has 0 amide bonds. The molecule has 20 heavy (non-hydrogen) atoms. The van der Waals surface area contributed by atoms with Crippen LogP contribution in [0.3, 0.4) is 0 Å². The van der Waals surface area contributed by atoms with Crippen LogP contribution in [0.2, 0.25) is 0 Å². The van der Waals surface area contributed by atoms with E-state index in [4.69, 9.17) is 4.74 Å². The minimum atomic E-state index is 0.323. The van der Waals surface area contributed by atoms with Gasteiger partial charge in [-0.3, -0.25) is 0 Å². The summed E-state index contributed by atoms with van der Waals surface area (Å²) >= 11 is 3.49. The second kappa shape index (κ2) is 8.16. The van der Waals surface area contributed by atoms with Gasteiger partial charge in [-0.05, 0) is 49.9 Å². The first-order chi connectivity index (χ1) is 9.74. The molecule has 0 bridgehead atoms. The van der Waals surface area contributed by atoms with Crippen LogP contribution < -0.4 is 5.32 Å². The summed E-state index contributed by atoms with van der Waals surface area (Å²) in [7, 11) is 3.92. The summed E-state index contributed by atoms with van der Waals surface area (Å²) in [5.41, 5.74) is 1.37. The predicted molar refractivity (Wildman–Crippen MR) is 88.1 cm³/mol. The molecule has 112 valence electrons.